The average Bonchev–Trinajstić information content (AvgIpc) is 2.86. The van der Waals surface area contributed by atoms with Crippen molar-refractivity contribution < 1.29 is 14.3 Å². The number of rotatable bonds is 7. The Morgan fingerprint density at radius 3 is 2.44 bits per heavy atom. The van der Waals surface area contributed by atoms with Crippen LogP contribution in [0.1, 0.15) is 41.3 Å². The van der Waals surface area contributed by atoms with Crippen LogP contribution >= 0.6 is 11.6 Å². The molecule has 0 unspecified atom stereocenters. The Kier molecular flexibility index (Phi) is 7.33. The van der Waals surface area contributed by atoms with Crippen LogP contribution in [0.3, 0.4) is 0 Å². The Bertz CT molecular complexity index is 1200. The molecule has 5 nitrogen and oxygen atoms in total. The highest BCUT2D eigenvalue weighted by atomic mass is 35.5. The minimum atomic E-state index is -0.229. The smallest absolute Gasteiger partial charge is 0.294 e. The van der Waals surface area contributed by atoms with E-state index in [2.05, 4.69) is 6.92 Å². The van der Waals surface area contributed by atoms with Gasteiger partial charge in [0.05, 0.1) is 12.2 Å². The van der Waals surface area contributed by atoms with Gasteiger partial charge in [-0.25, -0.2) is 0 Å². The molecule has 174 valence electrons. The average molecular weight is 475 g/mol. The molecule has 0 fully saturated rings. The maximum atomic E-state index is 13.4. The van der Waals surface area contributed by atoms with Gasteiger partial charge in [0, 0.05) is 24.2 Å². The number of ether oxygens (including phenoxy) is 1. The first-order valence-corrected chi connectivity index (χ1v) is 11.7. The van der Waals surface area contributed by atoms with Gasteiger partial charge in [0.1, 0.15) is 0 Å². The van der Waals surface area contributed by atoms with Crippen molar-refractivity contribution in [3.63, 3.8) is 0 Å². The summed E-state index contributed by atoms with van der Waals surface area (Å²) in [6, 6.07) is 22.1. The molecular formula is C28H27ClN2O3. The third-order valence-electron chi connectivity index (χ3n) is 5.74. The standard InChI is InChI=1S/C28H27ClN2O3/c1-3-4-17-30(2)27(32)22-13-9-20(10-14-22)18-26-28(33)31(19-21-11-15-23(29)16-12-21)24-7-5-6-8-25(24)34-26/h5-16,18H,3-4,17,19H2,1-2H3. The topological polar surface area (TPSA) is 49.9 Å². The van der Waals surface area contributed by atoms with Crippen LogP contribution in [-0.2, 0) is 11.3 Å². The summed E-state index contributed by atoms with van der Waals surface area (Å²) < 4.78 is 5.97. The number of carbonyl (C=O) groups is 2. The normalized spacial score (nSPS) is 14.0. The van der Waals surface area contributed by atoms with Crippen LogP contribution in [0.4, 0.5) is 5.69 Å². The SMILES string of the molecule is CCCCN(C)C(=O)c1ccc(C=C2Oc3ccccc3N(Cc3ccc(Cl)cc3)C2=O)cc1. The molecule has 0 aromatic heterocycles. The fraction of sp³-hybridized carbons (Fsp3) is 0.214. The lowest BCUT2D eigenvalue weighted by Crippen LogP contribution is -2.36. The number of amides is 2. The lowest BCUT2D eigenvalue weighted by atomic mass is 10.1. The minimum absolute atomic E-state index is 0.0132. The fourth-order valence-electron chi connectivity index (χ4n) is 3.78. The highest BCUT2D eigenvalue weighted by Gasteiger charge is 2.30. The molecule has 0 aliphatic carbocycles. The van der Waals surface area contributed by atoms with Gasteiger partial charge in [0.2, 0.25) is 0 Å². The van der Waals surface area contributed by atoms with Gasteiger partial charge in [0.25, 0.3) is 11.8 Å². The molecule has 0 N–H and O–H groups in total. The third-order valence-corrected chi connectivity index (χ3v) is 5.99. The van der Waals surface area contributed by atoms with E-state index in [1.165, 1.54) is 0 Å². The molecule has 1 aliphatic rings. The highest BCUT2D eigenvalue weighted by Crippen LogP contribution is 2.36. The van der Waals surface area contributed by atoms with Crippen LogP contribution in [0.2, 0.25) is 5.02 Å². The van der Waals surface area contributed by atoms with Gasteiger partial charge in [-0.3, -0.25) is 14.5 Å². The first-order valence-electron chi connectivity index (χ1n) is 11.4. The van der Waals surface area contributed by atoms with Crippen molar-refractivity contribution in [2.45, 2.75) is 26.3 Å². The fourth-order valence-corrected chi connectivity index (χ4v) is 3.91. The van der Waals surface area contributed by atoms with E-state index in [0.717, 1.165) is 36.2 Å². The zero-order chi connectivity index (χ0) is 24.1. The second kappa shape index (κ2) is 10.6. The number of unbranched alkanes of at least 4 members (excludes halogenated alkanes) is 1. The second-order valence-corrected chi connectivity index (χ2v) is 8.73. The highest BCUT2D eigenvalue weighted by molar-refractivity contribution is 6.30. The summed E-state index contributed by atoms with van der Waals surface area (Å²) in [6.45, 7) is 3.22. The van der Waals surface area contributed by atoms with E-state index in [4.69, 9.17) is 16.3 Å². The lowest BCUT2D eigenvalue weighted by molar-refractivity contribution is -0.117. The number of fused-ring (bicyclic) bond motifs is 1. The zero-order valence-electron chi connectivity index (χ0n) is 19.3. The summed E-state index contributed by atoms with van der Waals surface area (Å²) in [5.41, 5.74) is 3.08. The predicted octanol–water partition coefficient (Wildman–Crippen LogP) is 6.18. The number of hydrogen-bond acceptors (Lipinski definition) is 3. The monoisotopic (exact) mass is 474 g/mol. The van der Waals surface area contributed by atoms with Gasteiger partial charge in [-0.05, 0) is 60.0 Å². The number of para-hydroxylation sites is 2. The predicted molar refractivity (Wildman–Crippen MR) is 136 cm³/mol. The molecule has 0 saturated carbocycles. The molecule has 0 spiro atoms. The van der Waals surface area contributed by atoms with Crippen molar-refractivity contribution in [3.8, 4) is 5.75 Å². The van der Waals surface area contributed by atoms with E-state index in [1.54, 1.807) is 28.0 Å². The summed E-state index contributed by atoms with van der Waals surface area (Å²) in [6.07, 6.45) is 3.72. The first-order chi connectivity index (χ1) is 16.5. The van der Waals surface area contributed by atoms with Gasteiger partial charge in [0.15, 0.2) is 11.5 Å². The lowest BCUT2D eigenvalue weighted by Gasteiger charge is -2.30. The molecule has 0 saturated heterocycles. The van der Waals surface area contributed by atoms with Crippen LogP contribution in [0.5, 0.6) is 5.75 Å². The Hall–Kier alpha value is -3.57. The molecule has 1 aliphatic heterocycles. The van der Waals surface area contributed by atoms with E-state index in [9.17, 15) is 9.59 Å². The molecule has 34 heavy (non-hydrogen) atoms. The molecule has 3 aromatic rings. The number of anilines is 1. The Morgan fingerprint density at radius 2 is 1.74 bits per heavy atom. The van der Waals surface area contributed by atoms with Crippen molar-refractivity contribution in [3.05, 3.63) is 100 Å². The van der Waals surface area contributed by atoms with Crippen LogP contribution in [0.15, 0.2) is 78.6 Å². The van der Waals surface area contributed by atoms with Crippen LogP contribution < -0.4 is 9.64 Å². The van der Waals surface area contributed by atoms with E-state index in [1.807, 2.05) is 67.7 Å². The van der Waals surface area contributed by atoms with Crippen LogP contribution in [-0.4, -0.2) is 30.3 Å². The largest absolute Gasteiger partial charge is 0.449 e. The molecule has 3 aromatic carbocycles. The van der Waals surface area contributed by atoms with Gasteiger partial charge in [-0.2, -0.15) is 0 Å². The number of benzene rings is 3. The summed E-state index contributed by atoms with van der Waals surface area (Å²) in [4.78, 5) is 29.4. The number of hydrogen-bond donors (Lipinski definition) is 0. The molecule has 6 heteroatoms. The van der Waals surface area contributed by atoms with Gasteiger partial charge in [-0.15, -0.1) is 0 Å². The maximum Gasteiger partial charge on any atom is 0.294 e. The Morgan fingerprint density at radius 1 is 1.03 bits per heavy atom. The third kappa shape index (κ3) is 5.32. The molecule has 2 amide bonds. The summed E-state index contributed by atoms with van der Waals surface area (Å²) in [5.74, 6) is 0.604. The van der Waals surface area contributed by atoms with E-state index in [0.29, 0.717) is 22.9 Å². The molecule has 0 atom stereocenters. The summed E-state index contributed by atoms with van der Waals surface area (Å²) in [7, 11) is 1.81. The summed E-state index contributed by atoms with van der Waals surface area (Å²) in [5, 5.41) is 0.650. The molecule has 0 radical (unpaired) electrons. The zero-order valence-corrected chi connectivity index (χ0v) is 20.1. The quantitative estimate of drug-likeness (QED) is 0.384. The van der Waals surface area contributed by atoms with E-state index in [-0.39, 0.29) is 17.6 Å². The molecule has 4 rings (SSSR count). The van der Waals surface area contributed by atoms with Crippen LogP contribution in [0, 0.1) is 0 Å². The first kappa shape index (κ1) is 23.6. The maximum absolute atomic E-state index is 13.4. The Balaban J connectivity index is 1.58. The molecular weight excluding hydrogens is 448 g/mol. The van der Waals surface area contributed by atoms with Crippen molar-refractivity contribution in [1.29, 1.82) is 0 Å². The number of halogens is 1. The van der Waals surface area contributed by atoms with Crippen molar-refractivity contribution in [2.24, 2.45) is 0 Å². The molecule has 0 bridgehead atoms. The van der Waals surface area contributed by atoms with Crippen molar-refractivity contribution in [1.82, 2.24) is 4.90 Å². The number of carbonyl (C=O) groups excluding carboxylic acids is 2. The van der Waals surface area contributed by atoms with Gasteiger partial charge < -0.3 is 9.64 Å². The van der Waals surface area contributed by atoms with E-state index < -0.39 is 0 Å². The number of nitrogens with zero attached hydrogens (tertiary/aromatic N) is 2. The van der Waals surface area contributed by atoms with Crippen molar-refractivity contribution >= 4 is 35.2 Å². The van der Waals surface area contributed by atoms with Crippen molar-refractivity contribution in [2.75, 3.05) is 18.5 Å². The Labute approximate surface area is 205 Å². The second-order valence-electron chi connectivity index (χ2n) is 8.30. The van der Waals surface area contributed by atoms with Gasteiger partial charge in [-0.1, -0.05) is 61.3 Å². The van der Waals surface area contributed by atoms with E-state index >= 15 is 0 Å². The summed E-state index contributed by atoms with van der Waals surface area (Å²) >= 11 is 6.01. The van der Waals surface area contributed by atoms with Gasteiger partial charge >= 0.3 is 0 Å². The minimum Gasteiger partial charge on any atom is -0.449 e. The van der Waals surface area contributed by atoms with Crippen LogP contribution in [0.25, 0.3) is 6.08 Å². The molecule has 1 heterocycles.